The summed E-state index contributed by atoms with van der Waals surface area (Å²) in [5, 5.41) is 4.80. The monoisotopic (exact) mass is 439 g/mol. The molecule has 0 fully saturated rings. The molecular formula is C27H21NO5. The molecule has 0 aliphatic carbocycles. The van der Waals surface area contributed by atoms with Gasteiger partial charge in [-0.25, -0.2) is 0 Å². The minimum atomic E-state index is -0.0689. The van der Waals surface area contributed by atoms with E-state index in [1.165, 1.54) is 0 Å². The lowest BCUT2D eigenvalue weighted by Gasteiger charge is -2.17. The normalized spacial score (nSPS) is 13.7. The minimum absolute atomic E-state index is 0.0689. The molecule has 33 heavy (non-hydrogen) atoms. The van der Waals surface area contributed by atoms with Gasteiger partial charge in [0, 0.05) is 17.5 Å². The van der Waals surface area contributed by atoms with Gasteiger partial charge in [-0.1, -0.05) is 42.5 Å². The first-order valence-corrected chi connectivity index (χ1v) is 10.7. The molecule has 4 aromatic carbocycles. The molecule has 0 saturated heterocycles. The molecule has 0 bridgehead atoms. The summed E-state index contributed by atoms with van der Waals surface area (Å²) in [4.78, 5) is 12.5. The average molecular weight is 439 g/mol. The van der Waals surface area contributed by atoms with Crippen molar-refractivity contribution in [1.82, 2.24) is 5.32 Å². The third-order valence-corrected chi connectivity index (χ3v) is 6.11. The van der Waals surface area contributed by atoms with Crippen molar-refractivity contribution in [2.75, 3.05) is 13.9 Å². The molecule has 0 spiro atoms. The van der Waals surface area contributed by atoms with Crippen molar-refractivity contribution >= 4 is 16.7 Å². The van der Waals surface area contributed by atoms with Crippen LogP contribution in [0.15, 0.2) is 66.7 Å². The Balaban J connectivity index is 1.49. The van der Waals surface area contributed by atoms with E-state index in [-0.39, 0.29) is 12.7 Å². The molecule has 6 rings (SSSR count). The van der Waals surface area contributed by atoms with Crippen LogP contribution in [0, 0.1) is 0 Å². The van der Waals surface area contributed by atoms with Crippen LogP contribution in [0.5, 0.6) is 23.0 Å². The molecule has 0 unspecified atom stereocenters. The quantitative estimate of drug-likeness (QED) is 0.471. The number of nitrogens with one attached hydrogen (secondary N) is 1. The number of rotatable bonds is 5. The first-order chi connectivity index (χ1) is 16.2. The maximum Gasteiger partial charge on any atom is 0.251 e. The predicted molar refractivity (Wildman–Crippen MR) is 124 cm³/mol. The Kier molecular flexibility index (Phi) is 4.57. The molecule has 2 aliphatic heterocycles. The van der Waals surface area contributed by atoms with E-state index >= 15 is 0 Å². The highest BCUT2D eigenvalue weighted by molar-refractivity contribution is 6.11. The largest absolute Gasteiger partial charge is 0.493 e. The Morgan fingerprint density at radius 1 is 0.970 bits per heavy atom. The van der Waals surface area contributed by atoms with Crippen molar-refractivity contribution in [3.8, 4) is 34.1 Å². The van der Waals surface area contributed by atoms with Gasteiger partial charge in [-0.2, -0.15) is 0 Å². The van der Waals surface area contributed by atoms with E-state index in [0.717, 1.165) is 33.0 Å². The number of hydrogen-bond donors (Lipinski definition) is 1. The Labute approximate surface area is 190 Å². The zero-order valence-corrected chi connectivity index (χ0v) is 18.0. The van der Waals surface area contributed by atoms with Gasteiger partial charge in [0.25, 0.3) is 5.91 Å². The van der Waals surface area contributed by atoms with Gasteiger partial charge < -0.3 is 24.3 Å². The van der Waals surface area contributed by atoms with Crippen molar-refractivity contribution < 1.29 is 23.7 Å². The fourth-order valence-electron chi connectivity index (χ4n) is 4.54. The van der Waals surface area contributed by atoms with Crippen LogP contribution < -0.4 is 24.3 Å². The molecule has 2 heterocycles. The molecule has 2 aliphatic rings. The summed E-state index contributed by atoms with van der Waals surface area (Å²) in [6.45, 7) is 1.08. The fraction of sp³-hybridized carbons (Fsp3) is 0.148. The van der Waals surface area contributed by atoms with Crippen LogP contribution in [0.4, 0.5) is 0 Å². The lowest BCUT2D eigenvalue weighted by Crippen LogP contribution is -2.12. The summed E-state index contributed by atoms with van der Waals surface area (Å²) in [5.41, 5.74) is 4.56. The van der Waals surface area contributed by atoms with Crippen molar-refractivity contribution in [2.24, 2.45) is 0 Å². The van der Waals surface area contributed by atoms with E-state index in [0.29, 0.717) is 41.7 Å². The van der Waals surface area contributed by atoms with Crippen LogP contribution in [-0.2, 0) is 13.2 Å². The van der Waals surface area contributed by atoms with Crippen molar-refractivity contribution in [1.29, 1.82) is 0 Å². The minimum Gasteiger partial charge on any atom is -0.493 e. The summed E-state index contributed by atoms with van der Waals surface area (Å²) < 4.78 is 23.2. The van der Waals surface area contributed by atoms with E-state index in [1.807, 2.05) is 66.7 Å². The molecule has 1 N–H and O–H groups in total. The number of fused-ring (bicyclic) bond motifs is 4. The number of benzene rings is 4. The molecule has 164 valence electrons. The second-order valence-electron chi connectivity index (χ2n) is 8.00. The SMILES string of the molecule is COc1cc(-c2c3c(cc4ccc5c(c24)OCO5)C(=O)NC3)ccc1OCc1ccccc1. The standard InChI is InChI=1S/C27H21NO5/c1-30-23-12-18(7-9-21(23)31-14-16-5-3-2-4-6-16)24-20-13-28-27(29)19(20)11-17-8-10-22-26(25(17)24)33-15-32-22/h2-12H,13-15H2,1H3,(H,28,29). The summed E-state index contributed by atoms with van der Waals surface area (Å²) in [7, 11) is 1.63. The van der Waals surface area contributed by atoms with Crippen molar-refractivity contribution in [3.05, 3.63) is 83.4 Å². The average Bonchev–Trinajstić information content (AvgIpc) is 3.49. The Bertz CT molecular complexity index is 1400. The van der Waals surface area contributed by atoms with Crippen molar-refractivity contribution in [2.45, 2.75) is 13.2 Å². The highest BCUT2D eigenvalue weighted by atomic mass is 16.7. The predicted octanol–water partition coefficient (Wildman–Crippen LogP) is 5.07. The summed E-state index contributed by atoms with van der Waals surface area (Å²) in [5.74, 6) is 2.61. The van der Waals surface area contributed by atoms with E-state index in [1.54, 1.807) is 7.11 Å². The van der Waals surface area contributed by atoms with Crippen LogP contribution in [-0.4, -0.2) is 19.8 Å². The highest BCUT2D eigenvalue weighted by Crippen LogP contribution is 2.48. The maximum atomic E-state index is 12.5. The number of amides is 1. The molecule has 4 aromatic rings. The van der Waals surface area contributed by atoms with E-state index in [9.17, 15) is 4.79 Å². The lowest BCUT2D eigenvalue weighted by molar-refractivity contribution is 0.0966. The van der Waals surface area contributed by atoms with Gasteiger partial charge in [-0.05, 0) is 51.9 Å². The third-order valence-electron chi connectivity index (χ3n) is 6.11. The number of carbonyl (C=O) groups excluding carboxylic acids is 1. The second-order valence-corrected chi connectivity index (χ2v) is 8.00. The molecule has 0 atom stereocenters. The van der Waals surface area contributed by atoms with E-state index in [4.69, 9.17) is 18.9 Å². The zero-order valence-electron chi connectivity index (χ0n) is 18.0. The molecule has 0 radical (unpaired) electrons. The summed E-state index contributed by atoms with van der Waals surface area (Å²) >= 11 is 0. The number of hydrogen-bond acceptors (Lipinski definition) is 5. The Hall–Kier alpha value is -4.19. The number of methoxy groups -OCH3 is 1. The molecule has 6 nitrogen and oxygen atoms in total. The van der Waals surface area contributed by atoms with Gasteiger partial charge >= 0.3 is 0 Å². The molecule has 1 amide bonds. The zero-order chi connectivity index (χ0) is 22.4. The number of carbonyl (C=O) groups is 1. The topological polar surface area (TPSA) is 66.0 Å². The molecule has 0 aromatic heterocycles. The van der Waals surface area contributed by atoms with E-state index < -0.39 is 0 Å². The molecular weight excluding hydrogens is 418 g/mol. The summed E-state index contributed by atoms with van der Waals surface area (Å²) in [6, 6.07) is 21.6. The van der Waals surface area contributed by atoms with Gasteiger partial charge in [0.05, 0.1) is 7.11 Å². The van der Waals surface area contributed by atoms with Crippen LogP contribution in [0.1, 0.15) is 21.5 Å². The molecule has 6 heteroatoms. The highest BCUT2D eigenvalue weighted by Gasteiger charge is 2.29. The summed E-state index contributed by atoms with van der Waals surface area (Å²) in [6.07, 6.45) is 0. The Morgan fingerprint density at radius 2 is 1.85 bits per heavy atom. The van der Waals surface area contributed by atoms with Gasteiger partial charge in [-0.15, -0.1) is 0 Å². The third kappa shape index (κ3) is 3.22. The van der Waals surface area contributed by atoms with Gasteiger partial charge in [0.15, 0.2) is 23.0 Å². The van der Waals surface area contributed by atoms with Crippen LogP contribution in [0.2, 0.25) is 0 Å². The van der Waals surface area contributed by atoms with Crippen LogP contribution in [0.3, 0.4) is 0 Å². The Morgan fingerprint density at radius 3 is 2.70 bits per heavy atom. The van der Waals surface area contributed by atoms with Crippen LogP contribution in [0.25, 0.3) is 21.9 Å². The fourth-order valence-corrected chi connectivity index (χ4v) is 4.54. The first kappa shape index (κ1) is 19.5. The maximum absolute atomic E-state index is 12.5. The number of ether oxygens (including phenoxy) is 4. The van der Waals surface area contributed by atoms with Gasteiger partial charge in [-0.3, -0.25) is 4.79 Å². The van der Waals surface area contributed by atoms with Gasteiger partial charge in [0.2, 0.25) is 6.79 Å². The van der Waals surface area contributed by atoms with E-state index in [2.05, 4.69) is 5.32 Å². The second kappa shape index (κ2) is 7.74. The lowest BCUT2D eigenvalue weighted by atomic mass is 9.90. The van der Waals surface area contributed by atoms with Crippen molar-refractivity contribution in [3.63, 3.8) is 0 Å². The molecule has 0 saturated carbocycles. The van der Waals surface area contributed by atoms with Gasteiger partial charge in [0.1, 0.15) is 6.61 Å². The smallest absolute Gasteiger partial charge is 0.251 e. The first-order valence-electron chi connectivity index (χ1n) is 10.7. The van der Waals surface area contributed by atoms with Crippen LogP contribution >= 0.6 is 0 Å².